The lowest BCUT2D eigenvalue weighted by Crippen LogP contribution is -2.39. The van der Waals surface area contributed by atoms with Gasteiger partial charge in [0.25, 0.3) is 0 Å². The number of nitrogens with one attached hydrogen (secondary N) is 2. The second-order valence-electron chi connectivity index (χ2n) is 7.32. The van der Waals surface area contributed by atoms with E-state index in [9.17, 15) is 22.8 Å². The highest BCUT2D eigenvalue weighted by atomic mass is 19.4. The maximum Gasteiger partial charge on any atom is 0.435 e. The van der Waals surface area contributed by atoms with E-state index in [2.05, 4.69) is 15.7 Å². The number of rotatable bonds is 6. The van der Waals surface area contributed by atoms with Gasteiger partial charge in [0.1, 0.15) is 12.3 Å². The lowest BCUT2D eigenvalue weighted by atomic mass is 10.0. The van der Waals surface area contributed by atoms with E-state index in [0.717, 1.165) is 10.2 Å². The number of likely N-dealkylation sites (N-methyl/N-ethyl adjacent to an activating group) is 1. The molecule has 0 radical (unpaired) electrons. The number of alkyl halides is 3. The molecule has 0 bridgehead atoms. The number of nitrogens with zero attached hydrogens (tertiary/aromatic N) is 3. The summed E-state index contributed by atoms with van der Waals surface area (Å²) in [6.07, 6.45) is -4.42. The number of carbonyl (C=O) groups is 2. The van der Waals surface area contributed by atoms with Gasteiger partial charge < -0.3 is 15.4 Å². The summed E-state index contributed by atoms with van der Waals surface area (Å²) in [5.41, 5.74) is 0.657. The number of fused-ring (bicyclic) bond motifs is 1. The minimum Gasteiger partial charge on any atom is -0.495 e. The van der Waals surface area contributed by atoms with Crippen LogP contribution in [0.4, 0.5) is 18.9 Å². The standard InChI is InChI=1S/C20H24F3N5O3/c1-12-4-5-16(31-3)14(8-12)25-18(30)11-28-15-6-7-27(10-17(29)24-2)9-13(15)19(26-28)20(21,22)23/h4-5,8H,6-7,9-11H2,1-3H3,(H,24,29)(H,25,30). The van der Waals surface area contributed by atoms with E-state index in [1.54, 1.807) is 17.0 Å². The van der Waals surface area contributed by atoms with E-state index in [1.165, 1.54) is 14.2 Å². The number of methoxy groups -OCH3 is 1. The van der Waals surface area contributed by atoms with Gasteiger partial charge in [-0.3, -0.25) is 19.2 Å². The zero-order valence-corrected chi connectivity index (χ0v) is 17.5. The third-order valence-corrected chi connectivity index (χ3v) is 5.05. The molecule has 8 nitrogen and oxygen atoms in total. The monoisotopic (exact) mass is 439 g/mol. The van der Waals surface area contributed by atoms with Crippen LogP contribution in [0.15, 0.2) is 18.2 Å². The average Bonchev–Trinajstić information content (AvgIpc) is 3.06. The van der Waals surface area contributed by atoms with Crippen LogP contribution in [0.25, 0.3) is 0 Å². The highest BCUT2D eigenvalue weighted by molar-refractivity contribution is 5.92. The molecule has 2 heterocycles. The molecule has 0 saturated carbocycles. The van der Waals surface area contributed by atoms with Crippen LogP contribution in [-0.2, 0) is 35.3 Å². The third kappa shape index (κ3) is 5.16. The van der Waals surface area contributed by atoms with Gasteiger partial charge in [-0.25, -0.2) is 0 Å². The second-order valence-corrected chi connectivity index (χ2v) is 7.32. The van der Waals surface area contributed by atoms with Crippen molar-refractivity contribution in [1.29, 1.82) is 0 Å². The van der Waals surface area contributed by atoms with E-state index < -0.39 is 17.8 Å². The van der Waals surface area contributed by atoms with E-state index in [-0.39, 0.29) is 37.5 Å². The third-order valence-electron chi connectivity index (χ3n) is 5.05. The number of ether oxygens (including phenoxy) is 1. The number of hydrogen-bond acceptors (Lipinski definition) is 5. The highest BCUT2D eigenvalue weighted by Crippen LogP contribution is 2.35. The van der Waals surface area contributed by atoms with Gasteiger partial charge in [0.15, 0.2) is 5.69 Å². The minimum atomic E-state index is -4.67. The SMILES string of the molecule is CNC(=O)CN1CCc2c(c(C(F)(F)F)nn2CC(=O)Nc2cc(C)ccc2OC)C1. The molecular formula is C20H24F3N5O3. The van der Waals surface area contributed by atoms with Gasteiger partial charge in [-0.05, 0) is 24.6 Å². The summed E-state index contributed by atoms with van der Waals surface area (Å²) in [4.78, 5) is 25.8. The van der Waals surface area contributed by atoms with Crippen LogP contribution in [0.5, 0.6) is 5.75 Å². The van der Waals surface area contributed by atoms with Crippen molar-refractivity contribution in [2.75, 3.05) is 32.6 Å². The highest BCUT2D eigenvalue weighted by Gasteiger charge is 2.41. The summed E-state index contributed by atoms with van der Waals surface area (Å²) in [5.74, 6) is -0.353. The van der Waals surface area contributed by atoms with Gasteiger partial charge in [0, 0.05) is 37.8 Å². The molecule has 2 N–H and O–H groups in total. The van der Waals surface area contributed by atoms with Crippen molar-refractivity contribution in [2.24, 2.45) is 0 Å². The van der Waals surface area contributed by atoms with Gasteiger partial charge in [-0.2, -0.15) is 18.3 Å². The number of amides is 2. The molecular weight excluding hydrogens is 415 g/mol. The zero-order chi connectivity index (χ0) is 22.8. The normalized spacial score (nSPS) is 14.1. The smallest absolute Gasteiger partial charge is 0.435 e. The number of aromatic nitrogens is 2. The van der Waals surface area contributed by atoms with E-state index >= 15 is 0 Å². The van der Waals surface area contributed by atoms with Crippen molar-refractivity contribution in [1.82, 2.24) is 20.0 Å². The Kier molecular flexibility index (Phi) is 6.54. The van der Waals surface area contributed by atoms with Crippen molar-refractivity contribution < 1.29 is 27.5 Å². The largest absolute Gasteiger partial charge is 0.495 e. The molecule has 0 fully saturated rings. The van der Waals surface area contributed by atoms with Gasteiger partial charge in [0.2, 0.25) is 11.8 Å². The van der Waals surface area contributed by atoms with Gasteiger partial charge in [-0.15, -0.1) is 0 Å². The molecule has 0 saturated heterocycles. The van der Waals surface area contributed by atoms with Crippen molar-refractivity contribution >= 4 is 17.5 Å². The Morgan fingerprint density at radius 3 is 2.61 bits per heavy atom. The van der Waals surface area contributed by atoms with Crippen LogP contribution in [0.1, 0.15) is 22.5 Å². The van der Waals surface area contributed by atoms with E-state index in [0.29, 0.717) is 23.7 Å². The molecule has 0 spiro atoms. The fraction of sp³-hybridized carbons (Fsp3) is 0.450. The van der Waals surface area contributed by atoms with Crippen molar-refractivity contribution in [3.05, 3.63) is 40.7 Å². The molecule has 168 valence electrons. The molecule has 2 amide bonds. The Balaban J connectivity index is 1.84. The lowest BCUT2D eigenvalue weighted by molar-refractivity contribution is -0.142. The van der Waals surface area contributed by atoms with E-state index in [1.807, 2.05) is 13.0 Å². The van der Waals surface area contributed by atoms with Crippen LogP contribution in [0.2, 0.25) is 0 Å². The first-order valence-corrected chi connectivity index (χ1v) is 9.65. The second kappa shape index (κ2) is 8.96. The molecule has 1 aromatic carbocycles. The van der Waals surface area contributed by atoms with Gasteiger partial charge in [-0.1, -0.05) is 6.07 Å². The molecule has 3 rings (SSSR count). The molecule has 0 aliphatic carbocycles. The lowest BCUT2D eigenvalue weighted by Gasteiger charge is -2.27. The number of benzene rings is 1. The number of aryl methyl sites for hydroxylation is 1. The molecule has 11 heteroatoms. The Morgan fingerprint density at radius 1 is 1.23 bits per heavy atom. The summed E-state index contributed by atoms with van der Waals surface area (Å²) in [5, 5.41) is 8.85. The van der Waals surface area contributed by atoms with Crippen molar-refractivity contribution in [3.63, 3.8) is 0 Å². The molecule has 0 unspecified atom stereocenters. The first kappa shape index (κ1) is 22.6. The topological polar surface area (TPSA) is 88.5 Å². The van der Waals surface area contributed by atoms with Crippen LogP contribution < -0.4 is 15.4 Å². The Hall–Kier alpha value is -3.08. The van der Waals surface area contributed by atoms with Crippen LogP contribution in [0.3, 0.4) is 0 Å². The first-order chi connectivity index (χ1) is 14.6. The Bertz CT molecular complexity index is 987. The zero-order valence-electron chi connectivity index (χ0n) is 17.5. The van der Waals surface area contributed by atoms with Gasteiger partial charge >= 0.3 is 6.18 Å². The Morgan fingerprint density at radius 2 is 1.97 bits per heavy atom. The molecule has 1 aliphatic rings. The number of carbonyl (C=O) groups excluding carboxylic acids is 2. The maximum absolute atomic E-state index is 13.6. The fourth-order valence-electron chi connectivity index (χ4n) is 3.57. The maximum atomic E-state index is 13.6. The number of anilines is 1. The number of hydrogen-bond donors (Lipinski definition) is 2. The summed E-state index contributed by atoms with van der Waals surface area (Å²) < 4.78 is 47.1. The van der Waals surface area contributed by atoms with Crippen molar-refractivity contribution in [2.45, 2.75) is 32.6 Å². The number of halogens is 3. The fourth-order valence-corrected chi connectivity index (χ4v) is 3.57. The van der Waals surface area contributed by atoms with Crippen LogP contribution >= 0.6 is 0 Å². The molecule has 31 heavy (non-hydrogen) atoms. The van der Waals surface area contributed by atoms with E-state index in [4.69, 9.17) is 4.74 Å². The Labute approximate surface area is 177 Å². The average molecular weight is 439 g/mol. The van der Waals surface area contributed by atoms with Crippen LogP contribution in [0, 0.1) is 6.92 Å². The van der Waals surface area contributed by atoms with Gasteiger partial charge in [0.05, 0.1) is 19.3 Å². The molecule has 0 atom stereocenters. The summed E-state index contributed by atoms with van der Waals surface area (Å²) in [7, 11) is 2.93. The molecule has 1 aromatic heterocycles. The molecule has 1 aliphatic heterocycles. The summed E-state index contributed by atoms with van der Waals surface area (Å²) in [6.45, 7) is 1.79. The predicted molar refractivity (Wildman–Crippen MR) is 107 cm³/mol. The predicted octanol–water partition coefficient (Wildman–Crippen LogP) is 1.96. The first-order valence-electron chi connectivity index (χ1n) is 9.65. The molecule has 2 aromatic rings. The minimum absolute atomic E-state index is 0.00332. The quantitative estimate of drug-likeness (QED) is 0.719. The van der Waals surface area contributed by atoms with Crippen LogP contribution in [-0.4, -0.2) is 53.7 Å². The summed E-state index contributed by atoms with van der Waals surface area (Å²) in [6, 6.07) is 5.23. The van der Waals surface area contributed by atoms with Crippen molar-refractivity contribution in [3.8, 4) is 5.75 Å². The summed E-state index contributed by atoms with van der Waals surface area (Å²) >= 11 is 0.